The largest absolute Gasteiger partial charge is 0.212 e. The van der Waals surface area contributed by atoms with Crippen LogP contribution in [0.3, 0.4) is 0 Å². The van der Waals surface area contributed by atoms with Crippen LogP contribution in [0.4, 0.5) is 0 Å². The van der Waals surface area contributed by atoms with Gasteiger partial charge in [-0.3, -0.25) is 0 Å². The summed E-state index contributed by atoms with van der Waals surface area (Å²) in [6.07, 6.45) is 2.29. The van der Waals surface area contributed by atoms with Gasteiger partial charge in [0.2, 0.25) is 10.0 Å². The van der Waals surface area contributed by atoms with E-state index < -0.39 is 10.0 Å². The summed E-state index contributed by atoms with van der Waals surface area (Å²) in [5, 5.41) is 0. The van der Waals surface area contributed by atoms with E-state index in [1.165, 1.54) is 0 Å². The van der Waals surface area contributed by atoms with Crippen molar-refractivity contribution in [2.45, 2.75) is 46.1 Å². The zero-order valence-electron chi connectivity index (χ0n) is 9.79. The number of hydrogen-bond acceptors (Lipinski definition) is 2. The summed E-state index contributed by atoms with van der Waals surface area (Å²) in [4.78, 5) is 0. The van der Waals surface area contributed by atoms with Crippen LogP contribution in [0.15, 0.2) is 0 Å². The van der Waals surface area contributed by atoms with Crippen molar-refractivity contribution in [3.8, 4) is 0 Å². The third-order valence-electron chi connectivity index (χ3n) is 2.32. The quantitative estimate of drug-likeness (QED) is 0.677. The van der Waals surface area contributed by atoms with E-state index in [0.717, 1.165) is 6.42 Å². The van der Waals surface area contributed by atoms with Gasteiger partial charge in [0.15, 0.2) is 0 Å². The monoisotopic (exact) mass is 255 g/mol. The second-order valence-electron chi connectivity index (χ2n) is 4.12. The lowest BCUT2D eigenvalue weighted by atomic mass is 10.0. The fraction of sp³-hybridized carbons (Fsp3) is 1.00. The van der Waals surface area contributed by atoms with E-state index in [-0.39, 0.29) is 17.7 Å². The Morgan fingerprint density at radius 2 is 1.93 bits per heavy atom. The lowest BCUT2D eigenvalue weighted by Gasteiger charge is -2.21. The van der Waals surface area contributed by atoms with Gasteiger partial charge in [-0.25, -0.2) is 13.1 Å². The molecule has 92 valence electrons. The molecule has 1 atom stereocenters. The van der Waals surface area contributed by atoms with Crippen LogP contribution in [0.2, 0.25) is 0 Å². The van der Waals surface area contributed by atoms with Gasteiger partial charge in [-0.2, -0.15) is 0 Å². The Morgan fingerprint density at radius 1 is 1.33 bits per heavy atom. The molecule has 0 heterocycles. The van der Waals surface area contributed by atoms with Crippen LogP contribution in [0.1, 0.15) is 40.0 Å². The third kappa shape index (κ3) is 7.14. The van der Waals surface area contributed by atoms with E-state index in [0.29, 0.717) is 18.7 Å². The normalized spacial score (nSPS) is 14.5. The van der Waals surface area contributed by atoms with Crippen LogP contribution in [-0.2, 0) is 10.0 Å². The zero-order chi connectivity index (χ0) is 11.9. The fourth-order valence-corrected chi connectivity index (χ4v) is 3.14. The molecule has 0 aromatic rings. The number of alkyl halides is 1. The van der Waals surface area contributed by atoms with E-state index in [4.69, 9.17) is 11.6 Å². The molecule has 1 N–H and O–H groups in total. The first-order valence-corrected chi connectivity index (χ1v) is 7.67. The molecular formula is C10H22ClNO2S. The Kier molecular flexibility index (Phi) is 7.57. The number of rotatable bonds is 8. The predicted octanol–water partition coefficient (Wildman–Crippen LogP) is 2.36. The highest BCUT2D eigenvalue weighted by molar-refractivity contribution is 7.89. The summed E-state index contributed by atoms with van der Waals surface area (Å²) in [6.45, 7) is 5.98. The Balaban J connectivity index is 4.25. The molecular weight excluding hydrogens is 234 g/mol. The number of unbranched alkanes of at least 4 members (excludes halogenated alkanes) is 1. The molecule has 0 radical (unpaired) electrons. The van der Waals surface area contributed by atoms with Crippen LogP contribution in [0.25, 0.3) is 0 Å². The molecule has 3 nitrogen and oxygen atoms in total. The van der Waals surface area contributed by atoms with Crippen LogP contribution in [0.5, 0.6) is 0 Å². The minimum Gasteiger partial charge on any atom is -0.212 e. The molecule has 0 saturated carbocycles. The highest BCUT2D eigenvalue weighted by Crippen LogP contribution is 2.09. The van der Waals surface area contributed by atoms with Crippen molar-refractivity contribution in [1.82, 2.24) is 4.72 Å². The highest BCUT2D eigenvalue weighted by Gasteiger charge is 2.19. The first-order valence-electron chi connectivity index (χ1n) is 5.49. The maximum Gasteiger partial charge on any atom is 0.211 e. The summed E-state index contributed by atoms with van der Waals surface area (Å²) in [6, 6.07) is -0.0376. The van der Waals surface area contributed by atoms with Crippen molar-refractivity contribution < 1.29 is 8.42 Å². The minimum absolute atomic E-state index is 0.0376. The highest BCUT2D eigenvalue weighted by atomic mass is 35.5. The Morgan fingerprint density at radius 3 is 2.33 bits per heavy atom. The van der Waals surface area contributed by atoms with Crippen LogP contribution >= 0.6 is 11.6 Å². The number of sulfonamides is 1. The van der Waals surface area contributed by atoms with Crippen LogP contribution in [-0.4, -0.2) is 26.1 Å². The predicted molar refractivity (Wildman–Crippen MR) is 65.8 cm³/mol. The van der Waals surface area contributed by atoms with E-state index in [1.54, 1.807) is 0 Å². The third-order valence-corrected chi connectivity index (χ3v) is 4.03. The van der Waals surface area contributed by atoms with Gasteiger partial charge < -0.3 is 0 Å². The molecule has 0 spiro atoms. The van der Waals surface area contributed by atoms with Gasteiger partial charge in [0.25, 0.3) is 0 Å². The van der Waals surface area contributed by atoms with E-state index in [9.17, 15) is 8.42 Å². The maximum atomic E-state index is 11.6. The zero-order valence-corrected chi connectivity index (χ0v) is 11.4. The average Bonchev–Trinajstić information content (AvgIpc) is 2.14. The van der Waals surface area contributed by atoms with Crippen molar-refractivity contribution >= 4 is 21.6 Å². The molecule has 0 fully saturated rings. The topological polar surface area (TPSA) is 46.2 Å². The molecule has 0 aromatic heterocycles. The Labute approximate surface area is 98.6 Å². The second kappa shape index (κ2) is 7.47. The molecule has 0 bridgehead atoms. The van der Waals surface area contributed by atoms with Crippen molar-refractivity contribution in [1.29, 1.82) is 0 Å². The van der Waals surface area contributed by atoms with Gasteiger partial charge in [0, 0.05) is 11.9 Å². The van der Waals surface area contributed by atoms with Gasteiger partial charge in [-0.15, -0.1) is 11.6 Å². The fourth-order valence-electron chi connectivity index (χ4n) is 1.27. The molecule has 0 aliphatic rings. The lowest BCUT2D eigenvalue weighted by molar-refractivity contribution is 0.438. The molecule has 0 aliphatic carbocycles. The van der Waals surface area contributed by atoms with Crippen molar-refractivity contribution in [2.75, 3.05) is 11.6 Å². The molecule has 0 aromatic carbocycles. The number of nitrogens with one attached hydrogen (secondary N) is 1. The Hall–Kier alpha value is 0.200. The molecule has 0 aliphatic heterocycles. The SMILES string of the molecule is CCCCS(=O)(=O)NC(CCCl)C(C)C. The molecule has 1 unspecified atom stereocenters. The summed E-state index contributed by atoms with van der Waals surface area (Å²) < 4.78 is 26.0. The Bertz CT molecular complexity index is 252. The van der Waals surface area contributed by atoms with Crippen molar-refractivity contribution in [3.63, 3.8) is 0 Å². The van der Waals surface area contributed by atoms with Gasteiger partial charge in [-0.1, -0.05) is 27.2 Å². The molecule has 5 heteroatoms. The smallest absolute Gasteiger partial charge is 0.211 e. The van der Waals surface area contributed by atoms with Crippen molar-refractivity contribution in [3.05, 3.63) is 0 Å². The van der Waals surface area contributed by atoms with Crippen molar-refractivity contribution in [2.24, 2.45) is 5.92 Å². The van der Waals surface area contributed by atoms with Gasteiger partial charge in [-0.05, 0) is 18.8 Å². The second-order valence-corrected chi connectivity index (χ2v) is 6.37. The van der Waals surface area contributed by atoms with E-state index in [2.05, 4.69) is 4.72 Å². The van der Waals surface area contributed by atoms with Gasteiger partial charge >= 0.3 is 0 Å². The summed E-state index contributed by atoms with van der Waals surface area (Å²) in [5.41, 5.74) is 0. The number of halogens is 1. The van der Waals surface area contributed by atoms with Gasteiger partial charge in [0.05, 0.1) is 5.75 Å². The maximum absolute atomic E-state index is 11.6. The van der Waals surface area contributed by atoms with E-state index in [1.807, 2.05) is 20.8 Å². The van der Waals surface area contributed by atoms with Crippen LogP contribution < -0.4 is 4.72 Å². The summed E-state index contributed by atoms with van der Waals surface area (Å²) in [7, 11) is -3.12. The average molecular weight is 256 g/mol. The van der Waals surface area contributed by atoms with Gasteiger partial charge in [0.1, 0.15) is 0 Å². The lowest BCUT2D eigenvalue weighted by Crippen LogP contribution is -2.40. The molecule has 0 amide bonds. The first-order chi connectivity index (χ1) is 6.93. The van der Waals surface area contributed by atoms with E-state index >= 15 is 0 Å². The summed E-state index contributed by atoms with van der Waals surface area (Å²) >= 11 is 5.64. The minimum atomic E-state index is -3.12. The first kappa shape index (κ1) is 15.2. The molecule has 15 heavy (non-hydrogen) atoms. The molecule has 0 saturated heterocycles. The number of hydrogen-bond donors (Lipinski definition) is 1. The van der Waals surface area contributed by atoms with Crippen LogP contribution in [0, 0.1) is 5.92 Å². The molecule has 0 rings (SSSR count). The standard InChI is InChI=1S/C10H22ClNO2S/c1-4-5-8-15(13,14)12-10(6-7-11)9(2)3/h9-10,12H,4-8H2,1-3H3. The summed E-state index contributed by atoms with van der Waals surface area (Å²) in [5.74, 6) is 0.980.